The van der Waals surface area contributed by atoms with Crippen LogP contribution >= 0.6 is 0 Å². The SMILES string of the molecule is C=CCC(O[Si](c1ccccc1)(c1ccccc1)C(C)(C)C)[C@H](O)CO[Si](C)(C)C(C)(C)C. The van der Waals surface area contributed by atoms with Gasteiger partial charge in [-0.25, -0.2) is 0 Å². The van der Waals surface area contributed by atoms with Crippen molar-refractivity contribution < 1.29 is 14.0 Å². The maximum absolute atomic E-state index is 11.3. The molecule has 0 fully saturated rings. The van der Waals surface area contributed by atoms with E-state index < -0.39 is 28.8 Å². The van der Waals surface area contributed by atoms with Gasteiger partial charge in [0.2, 0.25) is 0 Å². The van der Waals surface area contributed by atoms with Gasteiger partial charge in [-0.3, -0.25) is 0 Å². The van der Waals surface area contributed by atoms with E-state index in [0.29, 0.717) is 6.42 Å². The fourth-order valence-corrected chi connectivity index (χ4v) is 9.73. The van der Waals surface area contributed by atoms with Crippen LogP contribution in [0.4, 0.5) is 0 Å². The van der Waals surface area contributed by atoms with Crippen LogP contribution in [0.3, 0.4) is 0 Å². The lowest BCUT2D eigenvalue weighted by molar-refractivity contribution is -0.000419. The van der Waals surface area contributed by atoms with Crippen molar-refractivity contribution in [1.29, 1.82) is 0 Å². The molecule has 2 aromatic carbocycles. The normalized spacial score (nSPS) is 15.2. The summed E-state index contributed by atoms with van der Waals surface area (Å²) in [5, 5.41) is 13.7. The van der Waals surface area contributed by atoms with E-state index in [9.17, 15) is 5.11 Å². The first-order valence-electron chi connectivity index (χ1n) is 12.0. The molecule has 0 aliphatic heterocycles. The monoisotopic (exact) mass is 484 g/mol. The van der Waals surface area contributed by atoms with Crippen molar-refractivity contribution in [2.75, 3.05) is 6.61 Å². The summed E-state index contributed by atoms with van der Waals surface area (Å²) in [6, 6.07) is 21.1. The van der Waals surface area contributed by atoms with Crippen molar-refractivity contribution >= 4 is 27.0 Å². The maximum Gasteiger partial charge on any atom is 0.261 e. The van der Waals surface area contributed by atoms with Crippen molar-refractivity contribution in [2.45, 2.75) is 83.3 Å². The first-order valence-corrected chi connectivity index (χ1v) is 16.8. The standard InChI is InChI=1S/C28H44O3Si2/c1-10-17-26(25(29)22-30-32(8,9)27(2,3)4)31-33(28(5,6)7,23-18-13-11-14-19-23)24-20-15-12-16-21-24/h10-16,18-21,25-26,29H,1,17,22H2,2-9H3/t25-,26?/m1/s1. The first-order chi connectivity index (χ1) is 15.3. The Kier molecular flexibility index (Phi) is 9.10. The molecule has 182 valence electrons. The van der Waals surface area contributed by atoms with E-state index in [-0.39, 0.29) is 16.7 Å². The minimum atomic E-state index is -2.78. The molecule has 33 heavy (non-hydrogen) atoms. The van der Waals surface area contributed by atoms with Crippen LogP contribution in [0.5, 0.6) is 0 Å². The van der Waals surface area contributed by atoms with Crippen molar-refractivity contribution in [3.05, 3.63) is 73.3 Å². The van der Waals surface area contributed by atoms with Gasteiger partial charge in [-0.05, 0) is 40.0 Å². The highest BCUT2D eigenvalue weighted by Crippen LogP contribution is 2.39. The van der Waals surface area contributed by atoms with E-state index >= 15 is 0 Å². The number of benzene rings is 2. The van der Waals surface area contributed by atoms with Crippen LogP contribution < -0.4 is 10.4 Å². The Morgan fingerprint density at radius 3 is 1.67 bits per heavy atom. The Balaban J connectivity index is 2.51. The number of hydrogen-bond donors (Lipinski definition) is 1. The van der Waals surface area contributed by atoms with Crippen molar-refractivity contribution in [3.63, 3.8) is 0 Å². The van der Waals surface area contributed by atoms with Crippen LogP contribution in [0.25, 0.3) is 0 Å². The Hall–Kier alpha value is -1.51. The molecule has 0 saturated heterocycles. The lowest BCUT2D eigenvalue weighted by Crippen LogP contribution is -2.68. The summed E-state index contributed by atoms with van der Waals surface area (Å²) < 4.78 is 13.6. The molecule has 0 aromatic heterocycles. The van der Waals surface area contributed by atoms with Crippen LogP contribution in [0, 0.1) is 0 Å². The number of hydrogen-bond acceptors (Lipinski definition) is 3. The zero-order valence-corrected chi connectivity index (χ0v) is 23.9. The fraction of sp³-hybridized carbons (Fsp3) is 0.500. The fourth-order valence-electron chi connectivity index (χ4n) is 3.98. The van der Waals surface area contributed by atoms with Crippen molar-refractivity contribution in [1.82, 2.24) is 0 Å². The molecule has 1 N–H and O–H groups in total. The van der Waals surface area contributed by atoms with Gasteiger partial charge < -0.3 is 14.0 Å². The molecule has 0 saturated carbocycles. The third-order valence-corrected chi connectivity index (χ3v) is 16.6. The summed E-state index contributed by atoms with van der Waals surface area (Å²) in [6.07, 6.45) is 1.27. The number of rotatable bonds is 10. The second kappa shape index (κ2) is 10.8. The largest absolute Gasteiger partial charge is 0.414 e. The van der Waals surface area contributed by atoms with Crippen LogP contribution in [-0.4, -0.2) is 40.6 Å². The van der Waals surface area contributed by atoms with Crippen molar-refractivity contribution in [2.24, 2.45) is 0 Å². The molecular weight excluding hydrogens is 440 g/mol. The molecule has 2 rings (SSSR count). The van der Waals surface area contributed by atoms with Crippen LogP contribution in [0.1, 0.15) is 48.0 Å². The third-order valence-electron chi connectivity index (χ3n) is 6.99. The molecular formula is C28H44O3Si2. The predicted octanol–water partition coefficient (Wildman–Crippen LogP) is 5.89. The van der Waals surface area contributed by atoms with E-state index in [2.05, 4.69) is 110 Å². The lowest BCUT2D eigenvalue weighted by Gasteiger charge is -2.46. The van der Waals surface area contributed by atoms with Gasteiger partial charge in [0.05, 0.1) is 12.7 Å². The summed E-state index contributed by atoms with van der Waals surface area (Å²) in [7, 11) is -4.77. The third kappa shape index (κ3) is 6.34. The Morgan fingerprint density at radius 2 is 1.30 bits per heavy atom. The van der Waals surface area contributed by atoms with Crippen LogP contribution in [0.15, 0.2) is 73.3 Å². The van der Waals surface area contributed by atoms with Gasteiger partial charge in [-0.15, -0.1) is 6.58 Å². The summed E-state index contributed by atoms with van der Waals surface area (Å²) in [5.41, 5.74) is 0. The van der Waals surface area contributed by atoms with Gasteiger partial charge in [0.25, 0.3) is 8.32 Å². The van der Waals surface area contributed by atoms with Gasteiger partial charge >= 0.3 is 0 Å². The Bertz CT molecular complexity index is 828. The van der Waals surface area contributed by atoms with Gasteiger partial charge in [0.15, 0.2) is 8.32 Å². The Morgan fingerprint density at radius 1 is 0.848 bits per heavy atom. The Labute approximate surface area is 204 Å². The average molecular weight is 485 g/mol. The molecule has 3 nitrogen and oxygen atoms in total. The molecule has 0 radical (unpaired) electrons. The topological polar surface area (TPSA) is 38.7 Å². The zero-order valence-electron chi connectivity index (χ0n) is 21.9. The smallest absolute Gasteiger partial charge is 0.261 e. The highest BCUT2D eigenvalue weighted by atomic mass is 28.4. The molecule has 5 heteroatoms. The van der Waals surface area contributed by atoms with E-state index in [0.717, 1.165) is 0 Å². The molecule has 0 aliphatic carbocycles. The second-order valence-corrected chi connectivity index (χ2v) is 20.5. The van der Waals surface area contributed by atoms with Gasteiger partial charge in [-0.1, -0.05) is 108 Å². The predicted molar refractivity (Wildman–Crippen MR) is 146 cm³/mol. The molecule has 0 aliphatic rings. The average Bonchev–Trinajstić information content (AvgIpc) is 2.74. The lowest BCUT2D eigenvalue weighted by atomic mass is 10.1. The minimum Gasteiger partial charge on any atom is -0.414 e. The molecule has 1 unspecified atom stereocenters. The summed E-state index contributed by atoms with van der Waals surface area (Å²) in [5.74, 6) is 0. The second-order valence-electron chi connectivity index (χ2n) is 11.5. The molecule has 2 atom stereocenters. The summed E-state index contributed by atoms with van der Waals surface area (Å²) in [6.45, 7) is 22.1. The van der Waals surface area contributed by atoms with Crippen molar-refractivity contribution in [3.8, 4) is 0 Å². The highest BCUT2D eigenvalue weighted by Gasteiger charge is 2.52. The van der Waals surface area contributed by atoms with Gasteiger partial charge in [0.1, 0.15) is 6.10 Å². The quantitative estimate of drug-likeness (QED) is 0.337. The molecule has 0 heterocycles. The number of aliphatic hydroxyl groups is 1. The summed E-state index contributed by atoms with van der Waals surface area (Å²) in [4.78, 5) is 0. The van der Waals surface area contributed by atoms with E-state index in [4.69, 9.17) is 8.85 Å². The minimum absolute atomic E-state index is 0.0828. The van der Waals surface area contributed by atoms with Crippen LogP contribution in [0.2, 0.25) is 23.2 Å². The van der Waals surface area contributed by atoms with E-state index in [1.807, 2.05) is 18.2 Å². The highest BCUT2D eigenvalue weighted by molar-refractivity contribution is 6.99. The van der Waals surface area contributed by atoms with Gasteiger partial charge in [-0.2, -0.15) is 0 Å². The van der Waals surface area contributed by atoms with E-state index in [1.54, 1.807) is 0 Å². The first kappa shape index (κ1) is 27.7. The van der Waals surface area contributed by atoms with Gasteiger partial charge in [0, 0.05) is 0 Å². The maximum atomic E-state index is 11.3. The molecule has 0 bridgehead atoms. The van der Waals surface area contributed by atoms with Crippen LogP contribution in [-0.2, 0) is 8.85 Å². The molecule has 0 spiro atoms. The zero-order chi connectivity index (χ0) is 24.9. The van der Waals surface area contributed by atoms with E-state index in [1.165, 1.54) is 10.4 Å². The molecule has 0 amide bonds. The summed E-state index contributed by atoms with van der Waals surface area (Å²) >= 11 is 0. The molecule has 2 aromatic rings. The number of aliphatic hydroxyl groups excluding tert-OH is 1.